The Hall–Kier alpha value is -2.28. The number of carbonyl (C=O) groups is 2. The quantitative estimate of drug-likeness (QED) is 0.0257. The molecule has 0 amide bonds. The van der Waals surface area contributed by atoms with E-state index in [1.54, 1.807) is 0 Å². The number of hydrogen-bond acceptors (Lipinski definition) is 15. The number of rotatable bonds is 34. The molecule has 0 aromatic rings. The zero-order valence-corrected chi connectivity index (χ0v) is 36.9. The van der Waals surface area contributed by atoms with Gasteiger partial charge in [0.1, 0.15) is 55.4 Å². The monoisotopic (exact) mass is 873 g/mol. The zero-order chi connectivity index (χ0) is 44.7. The Labute approximate surface area is 364 Å². The fourth-order valence-electron chi connectivity index (χ4n) is 6.95. The van der Waals surface area contributed by atoms with E-state index in [9.17, 15) is 45.3 Å². The lowest BCUT2D eigenvalue weighted by molar-refractivity contribution is -0.332. The van der Waals surface area contributed by atoms with Gasteiger partial charge in [0, 0.05) is 12.8 Å². The van der Waals surface area contributed by atoms with Gasteiger partial charge in [-0.2, -0.15) is 0 Å². The predicted molar refractivity (Wildman–Crippen MR) is 229 cm³/mol. The first-order valence-corrected chi connectivity index (χ1v) is 23.1. The standard InChI is InChI=1S/C46H80O15/c1-3-5-7-9-11-13-15-16-17-18-19-21-23-25-27-29-38(49)59-34(31-56-37(48)28-26-24-22-20-14-12-10-8-6-4-2)32-57-45-44(55)42(53)40(51)36(61-45)33-58-46-43(54)41(52)39(50)35(30-47)60-46/h8,10-11,13,16-17,34-36,39-47,50-55H,3-7,9,12,14-15,18-33H2,1-2H3/b10-8-,13-11-,17-16-. The summed E-state index contributed by atoms with van der Waals surface area (Å²) in [6, 6.07) is 0. The van der Waals surface area contributed by atoms with Gasteiger partial charge in [-0.05, 0) is 64.2 Å². The van der Waals surface area contributed by atoms with E-state index in [1.807, 2.05) is 0 Å². The Morgan fingerprint density at radius 1 is 0.525 bits per heavy atom. The van der Waals surface area contributed by atoms with Crippen LogP contribution in [-0.2, 0) is 38.0 Å². The van der Waals surface area contributed by atoms with E-state index in [0.717, 1.165) is 89.9 Å². The van der Waals surface area contributed by atoms with E-state index in [0.29, 0.717) is 12.8 Å². The minimum absolute atomic E-state index is 0.147. The molecule has 0 aliphatic carbocycles. The van der Waals surface area contributed by atoms with Gasteiger partial charge in [0.25, 0.3) is 0 Å². The molecule has 15 nitrogen and oxygen atoms in total. The topological polar surface area (TPSA) is 231 Å². The van der Waals surface area contributed by atoms with E-state index in [-0.39, 0.29) is 19.4 Å². The molecule has 15 heteroatoms. The smallest absolute Gasteiger partial charge is 0.306 e. The van der Waals surface area contributed by atoms with Gasteiger partial charge in [0.15, 0.2) is 18.7 Å². The Morgan fingerprint density at radius 3 is 1.61 bits per heavy atom. The van der Waals surface area contributed by atoms with Crippen molar-refractivity contribution < 1.29 is 73.8 Å². The molecule has 11 unspecified atom stereocenters. The zero-order valence-electron chi connectivity index (χ0n) is 36.9. The van der Waals surface area contributed by atoms with E-state index in [2.05, 4.69) is 50.3 Å². The van der Waals surface area contributed by atoms with Crippen molar-refractivity contribution in [3.05, 3.63) is 36.5 Å². The summed E-state index contributed by atoms with van der Waals surface area (Å²) < 4.78 is 33.4. The molecule has 2 rings (SSSR count). The maximum Gasteiger partial charge on any atom is 0.306 e. The van der Waals surface area contributed by atoms with Gasteiger partial charge < -0.3 is 64.2 Å². The van der Waals surface area contributed by atoms with Gasteiger partial charge in [0.05, 0.1) is 19.8 Å². The summed E-state index contributed by atoms with van der Waals surface area (Å²) in [5.74, 6) is -0.957. The first-order valence-electron chi connectivity index (χ1n) is 23.1. The first-order chi connectivity index (χ1) is 29.5. The van der Waals surface area contributed by atoms with Crippen molar-refractivity contribution >= 4 is 11.9 Å². The van der Waals surface area contributed by atoms with Gasteiger partial charge in [-0.1, -0.05) is 108 Å². The summed E-state index contributed by atoms with van der Waals surface area (Å²) >= 11 is 0. The van der Waals surface area contributed by atoms with Crippen LogP contribution in [0, 0.1) is 0 Å². The molecule has 2 aliphatic rings. The number of carbonyl (C=O) groups excluding carboxylic acids is 2. The van der Waals surface area contributed by atoms with Crippen LogP contribution in [0.25, 0.3) is 0 Å². The number of unbranched alkanes of at least 4 members (excludes halogenated alkanes) is 14. The van der Waals surface area contributed by atoms with Crippen molar-refractivity contribution in [2.24, 2.45) is 0 Å². The second-order valence-corrected chi connectivity index (χ2v) is 16.2. The highest BCUT2D eigenvalue weighted by Gasteiger charge is 2.47. The molecular formula is C46H80O15. The number of esters is 2. The molecule has 11 atom stereocenters. The third-order valence-electron chi connectivity index (χ3n) is 10.8. The van der Waals surface area contributed by atoms with Crippen molar-refractivity contribution in [1.29, 1.82) is 0 Å². The highest BCUT2D eigenvalue weighted by Crippen LogP contribution is 2.26. The van der Waals surface area contributed by atoms with Crippen molar-refractivity contribution in [3.63, 3.8) is 0 Å². The number of ether oxygens (including phenoxy) is 6. The molecule has 7 N–H and O–H groups in total. The lowest BCUT2D eigenvalue weighted by Crippen LogP contribution is -2.61. The second-order valence-electron chi connectivity index (χ2n) is 16.2. The summed E-state index contributed by atoms with van der Waals surface area (Å²) in [6.45, 7) is 2.45. The Balaban J connectivity index is 1.86. The Morgan fingerprint density at radius 2 is 1.02 bits per heavy atom. The number of aliphatic hydroxyl groups excluding tert-OH is 7. The molecule has 2 heterocycles. The lowest BCUT2D eigenvalue weighted by atomic mass is 9.98. The van der Waals surface area contributed by atoms with Crippen molar-refractivity contribution in [3.8, 4) is 0 Å². The summed E-state index contributed by atoms with van der Waals surface area (Å²) in [7, 11) is 0. The molecule has 2 saturated heterocycles. The molecule has 0 aromatic carbocycles. The number of allylic oxidation sites excluding steroid dienone is 6. The van der Waals surface area contributed by atoms with Crippen molar-refractivity contribution in [1.82, 2.24) is 0 Å². The summed E-state index contributed by atoms with van der Waals surface area (Å²) in [4.78, 5) is 25.6. The summed E-state index contributed by atoms with van der Waals surface area (Å²) in [5, 5.41) is 71.8. The molecule has 0 radical (unpaired) electrons. The van der Waals surface area contributed by atoms with Crippen LogP contribution in [0.3, 0.4) is 0 Å². The van der Waals surface area contributed by atoms with E-state index in [4.69, 9.17) is 28.4 Å². The van der Waals surface area contributed by atoms with Crippen molar-refractivity contribution in [2.45, 2.75) is 216 Å². The number of hydrogen-bond donors (Lipinski definition) is 7. The predicted octanol–water partition coefficient (Wildman–Crippen LogP) is 4.98. The summed E-state index contributed by atoms with van der Waals surface area (Å²) in [5.41, 5.74) is 0. The van der Waals surface area contributed by atoms with Gasteiger partial charge >= 0.3 is 11.9 Å². The molecule has 0 bridgehead atoms. The summed E-state index contributed by atoms with van der Waals surface area (Å²) in [6.07, 6.45) is 16.2. The second kappa shape index (κ2) is 34.2. The van der Waals surface area contributed by atoms with Crippen LogP contribution in [0.1, 0.15) is 149 Å². The van der Waals surface area contributed by atoms with Crippen LogP contribution >= 0.6 is 0 Å². The average Bonchev–Trinajstić information content (AvgIpc) is 3.25. The van der Waals surface area contributed by atoms with Crippen LogP contribution in [0.2, 0.25) is 0 Å². The van der Waals surface area contributed by atoms with E-state index >= 15 is 0 Å². The molecular weight excluding hydrogens is 792 g/mol. The lowest BCUT2D eigenvalue weighted by Gasteiger charge is -2.42. The van der Waals surface area contributed by atoms with Crippen LogP contribution in [0.15, 0.2) is 36.5 Å². The van der Waals surface area contributed by atoms with Crippen LogP contribution in [0.5, 0.6) is 0 Å². The molecule has 61 heavy (non-hydrogen) atoms. The highest BCUT2D eigenvalue weighted by atomic mass is 16.7. The van der Waals surface area contributed by atoms with Gasteiger partial charge in [-0.15, -0.1) is 0 Å². The Kier molecular flexibility index (Phi) is 30.7. The third-order valence-corrected chi connectivity index (χ3v) is 10.8. The SMILES string of the molecule is CCC/C=C\CCCCCCCC(=O)OCC(COC1OC(COC2OC(CO)C(O)C(O)C2O)C(O)C(O)C1O)OC(=O)CCCCCCC/C=C\C/C=C\CCCCC. The highest BCUT2D eigenvalue weighted by molar-refractivity contribution is 5.70. The van der Waals surface area contributed by atoms with Crippen LogP contribution in [0.4, 0.5) is 0 Å². The molecule has 2 fully saturated rings. The maximum atomic E-state index is 12.9. The van der Waals surface area contributed by atoms with Crippen LogP contribution < -0.4 is 0 Å². The molecule has 0 spiro atoms. The third kappa shape index (κ3) is 23.3. The average molecular weight is 873 g/mol. The minimum Gasteiger partial charge on any atom is -0.462 e. The maximum absolute atomic E-state index is 12.9. The van der Waals surface area contributed by atoms with Gasteiger partial charge in [-0.3, -0.25) is 9.59 Å². The fraction of sp³-hybridized carbons (Fsp3) is 0.826. The van der Waals surface area contributed by atoms with E-state index in [1.165, 1.54) is 19.3 Å². The molecule has 354 valence electrons. The van der Waals surface area contributed by atoms with E-state index < -0.39 is 99.3 Å². The largest absolute Gasteiger partial charge is 0.462 e. The van der Waals surface area contributed by atoms with Gasteiger partial charge in [0.2, 0.25) is 0 Å². The fourth-order valence-corrected chi connectivity index (χ4v) is 6.95. The molecule has 0 aromatic heterocycles. The van der Waals surface area contributed by atoms with Crippen molar-refractivity contribution in [2.75, 3.05) is 26.4 Å². The van der Waals surface area contributed by atoms with Crippen LogP contribution in [-0.4, -0.2) is 142 Å². The normalized spacial score (nSPS) is 27.6. The first kappa shape index (κ1) is 54.9. The molecule has 2 aliphatic heterocycles. The number of aliphatic hydroxyl groups is 7. The van der Waals surface area contributed by atoms with Gasteiger partial charge in [-0.25, -0.2) is 0 Å². The Bertz CT molecular complexity index is 1210. The minimum atomic E-state index is -1.77. The molecule has 0 saturated carbocycles.